The van der Waals surface area contributed by atoms with Crippen LogP contribution in [0.3, 0.4) is 0 Å². The Kier molecular flexibility index (Phi) is 6.05. The van der Waals surface area contributed by atoms with Gasteiger partial charge in [-0.15, -0.1) is 11.3 Å². The number of carbonyl (C=O) groups is 1. The van der Waals surface area contributed by atoms with Crippen molar-refractivity contribution in [2.24, 2.45) is 5.10 Å². The molecular formula is C16H17ClN2O4S. The van der Waals surface area contributed by atoms with E-state index < -0.39 is 5.91 Å². The molecule has 8 heteroatoms. The fraction of sp³-hybridized carbons (Fsp3) is 0.250. The largest absolute Gasteiger partial charge is 0.493 e. The minimum Gasteiger partial charge on any atom is -0.493 e. The molecule has 0 fully saturated rings. The first-order valence-electron chi connectivity index (χ1n) is 6.90. The highest BCUT2D eigenvalue weighted by molar-refractivity contribution is 7.18. The number of nitrogens with one attached hydrogen (secondary N) is 1. The molecule has 0 aliphatic rings. The van der Waals surface area contributed by atoms with Crippen LogP contribution < -0.4 is 19.6 Å². The predicted octanol–water partition coefficient (Wildman–Crippen LogP) is 3.58. The molecule has 1 N–H and O–H groups in total. The van der Waals surface area contributed by atoms with Gasteiger partial charge in [-0.3, -0.25) is 4.79 Å². The van der Waals surface area contributed by atoms with E-state index in [2.05, 4.69) is 10.5 Å². The van der Waals surface area contributed by atoms with Crippen molar-refractivity contribution in [1.82, 2.24) is 5.43 Å². The molecule has 0 unspecified atom stereocenters. The number of thiophene rings is 1. The summed E-state index contributed by atoms with van der Waals surface area (Å²) < 4.78 is 16.4. The van der Waals surface area contributed by atoms with Crippen LogP contribution in [-0.4, -0.2) is 32.9 Å². The molecule has 2 aromatic rings. The van der Waals surface area contributed by atoms with Crippen LogP contribution in [0.1, 0.15) is 22.2 Å². The highest BCUT2D eigenvalue weighted by Gasteiger charge is 2.17. The molecule has 1 aromatic carbocycles. The monoisotopic (exact) mass is 368 g/mol. The SMILES string of the molecule is COc1cc(C(=O)N/N=C(/C)c2ccc(Cl)s2)cc(OC)c1OC. The summed E-state index contributed by atoms with van der Waals surface area (Å²) in [6, 6.07) is 6.74. The van der Waals surface area contributed by atoms with Gasteiger partial charge in [0.25, 0.3) is 5.91 Å². The molecule has 0 bridgehead atoms. The Morgan fingerprint density at radius 2 is 1.75 bits per heavy atom. The Hall–Kier alpha value is -2.25. The Balaban J connectivity index is 2.23. The second kappa shape index (κ2) is 8.03. The molecule has 1 heterocycles. The highest BCUT2D eigenvalue weighted by atomic mass is 35.5. The standard InChI is InChI=1S/C16H17ClN2O4S/c1-9(13-5-6-14(17)24-13)18-19-16(20)10-7-11(21-2)15(23-4)12(8-10)22-3/h5-8H,1-4H3,(H,19,20)/b18-9-. The van der Waals surface area contributed by atoms with Crippen molar-refractivity contribution in [3.63, 3.8) is 0 Å². The van der Waals surface area contributed by atoms with Crippen LogP contribution in [0.15, 0.2) is 29.4 Å². The summed E-state index contributed by atoms with van der Waals surface area (Å²) in [7, 11) is 4.48. The molecule has 0 radical (unpaired) electrons. The molecule has 0 aliphatic heterocycles. The molecule has 0 spiro atoms. The van der Waals surface area contributed by atoms with Crippen LogP contribution >= 0.6 is 22.9 Å². The number of amides is 1. The summed E-state index contributed by atoms with van der Waals surface area (Å²) in [5, 5.41) is 4.09. The summed E-state index contributed by atoms with van der Waals surface area (Å²) in [6.45, 7) is 1.79. The molecule has 2 rings (SSSR count). The lowest BCUT2D eigenvalue weighted by molar-refractivity contribution is 0.0954. The molecule has 1 amide bonds. The average molecular weight is 369 g/mol. The third kappa shape index (κ3) is 3.98. The number of ether oxygens (including phenoxy) is 3. The number of halogens is 1. The molecule has 24 heavy (non-hydrogen) atoms. The van der Waals surface area contributed by atoms with Gasteiger partial charge < -0.3 is 14.2 Å². The van der Waals surface area contributed by atoms with Crippen LogP contribution in [0.5, 0.6) is 17.2 Å². The number of carbonyl (C=O) groups excluding carboxylic acids is 1. The van der Waals surface area contributed by atoms with Gasteiger partial charge in [0.05, 0.1) is 36.3 Å². The molecule has 0 saturated heterocycles. The van der Waals surface area contributed by atoms with E-state index in [1.165, 1.54) is 32.7 Å². The summed E-state index contributed by atoms with van der Waals surface area (Å²) >= 11 is 7.28. The minimum absolute atomic E-state index is 0.338. The Labute approximate surface area is 149 Å². The Morgan fingerprint density at radius 3 is 2.21 bits per heavy atom. The van der Waals surface area contributed by atoms with E-state index in [1.54, 1.807) is 25.1 Å². The summed E-state index contributed by atoms with van der Waals surface area (Å²) in [5.74, 6) is 0.821. The Morgan fingerprint density at radius 1 is 1.12 bits per heavy atom. The quantitative estimate of drug-likeness (QED) is 0.625. The van der Waals surface area contributed by atoms with Gasteiger partial charge in [-0.05, 0) is 31.2 Å². The Bertz CT molecular complexity index is 748. The number of methoxy groups -OCH3 is 3. The second-order valence-electron chi connectivity index (χ2n) is 4.66. The van der Waals surface area contributed by atoms with Gasteiger partial charge in [0.2, 0.25) is 5.75 Å². The molecule has 1 aromatic heterocycles. The van der Waals surface area contributed by atoms with Gasteiger partial charge in [-0.1, -0.05) is 11.6 Å². The van der Waals surface area contributed by atoms with Crippen molar-refractivity contribution in [2.45, 2.75) is 6.92 Å². The van der Waals surface area contributed by atoms with Crippen LogP contribution in [-0.2, 0) is 0 Å². The van der Waals surface area contributed by atoms with Crippen molar-refractivity contribution >= 4 is 34.6 Å². The lowest BCUT2D eigenvalue weighted by Gasteiger charge is -2.13. The summed E-state index contributed by atoms with van der Waals surface area (Å²) in [5.41, 5.74) is 3.51. The number of rotatable bonds is 6. The van der Waals surface area contributed by atoms with Gasteiger partial charge >= 0.3 is 0 Å². The minimum atomic E-state index is -0.392. The molecule has 0 saturated carbocycles. The number of hydrazone groups is 1. The number of nitrogens with zero attached hydrogens (tertiary/aromatic N) is 1. The molecule has 128 valence electrons. The third-order valence-electron chi connectivity index (χ3n) is 3.18. The molecule has 0 atom stereocenters. The van der Waals surface area contributed by atoms with Crippen molar-refractivity contribution < 1.29 is 19.0 Å². The van der Waals surface area contributed by atoms with E-state index in [4.69, 9.17) is 25.8 Å². The summed E-state index contributed by atoms with van der Waals surface area (Å²) in [6.07, 6.45) is 0. The molecule has 0 aliphatic carbocycles. The normalized spacial score (nSPS) is 11.1. The lowest BCUT2D eigenvalue weighted by Crippen LogP contribution is -2.19. The zero-order chi connectivity index (χ0) is 17.7. The van der Waals surface area contributed by atoms with E-state index in [0.717, 1.165) is 4.88 Å². The van der Waals surface area contributed by atoms with E-state index in [-0.39, 0.29) is 0 Å². The van der Waals surface area contributed by atoms with E-state index >= 15 is 0 Å². The van der Waals surface area contributed by atoms with Gasteiger partial charge in [0.15, 0.2) is 11.5 Å². The van der Waals surface area contributed by atoms with Crippen LogP contribution in [0.2, 0.25) is 4.34 Å². The van der Waals surface area contributed by atoms with Crippen LogP contribution in [0.4, 0.5) is 0 Å². The fourth-order valence-corrected chi connectivity index (χ4v) is 2.96. The highest BCUT2D eigenvalue weighted by Crippen LogP contribution is 2.38. The first kappa shape index (κ1) is 18.1. The predicted molar refractivity (Wildman–Crippen MR) is 95.1 cm³/mol. The van der Waals surface area contributed by atoms with Crippen molar-refractivity contribution in [3.8, 4) is 17.2 Å². The molecular weight excluding hydrogens is 352 g/mol. The first-order chi connectivity index (χ1) is 11.5. The zero-order valence-corrected chi connectivity index (χ0v) is 15.2. The maximum Gasteiger partial charge on any atom is 0.271 e. The lowest BCUT2D eigenvalue weighted by atomic mass is 10.1. The van der Waals surface area contributed by atoms with Gasteiger partial charge in [0, 0.05) is 5.56 Å². The van der Waals surface area contributed by atoms with Crippen LogP contribution in [0, 0.1) is 0 Å². The maximum absolute atomic E-state index is 12.3. The van der Waals surface area contributed by atoms with Crippen molar-refractivity contribution in [2.75, 3.05) is 21.3 Å². The average Bonchev–Trinajstić information content (AvgIpc) is 3.04. The number of benzene rings is 1. The third-order valence-corrected chi connectivity index (χ3v) is 4.52. The van der Waals surface area contributed by atoms with Crippen molar-refractivity contribution in [1.29, 1.82) is 0 Å². The van der Waals surface area contributed by atoms with E-state index in [1.807, 2.05) is 6.07 Å². The van der Waals surface area contributed by atoms with E-state index in [0.29, 0.717) is 32.9 Å². The number of hydrogen-bond acceptors (Lipinski definition) is 6. The number of hydrogen-bond donors (Lipinski definition) is 1. The second-order valence-corrected chi connectivity index (χ2v) is 6.37. The van der Waals surface area contributed by atoms with Gasteiger partial charge in [0.1, 0.15) is 0 Å². The topological polar surface area (TPSA) is 69.2 Å². The first-order valence-corrected chi connectivity index (χ1v) is 8.10. The van der Waals surface area contributed by atoms with Crippen molar-refractivity contribution in [3.05, 3.63) is 39.0 Å². The smallest absolute Gasteiger partial charge is 0.271 e. The van der Waals surface area contributed by atoms with E-state index in [9.17, 15) is 4.79 Å². The summed E-state index contributed by atoms with van der Waals surface area (Å²) in [4.78, 5) is 13.2. The van der Waals surface area contributed by atoms with Crippen LogP contribution in [0.25, 0.3) is 0 Å². The fourth-order valence-electron chi connectivity index (χ4n) is 1.98. The molecule has 6 nitrogen and oxygen atoms in total. The zero-order valence-electron chi connectivity index (χ0n) is 13.7. The maximum atomic E-state index is 12.3. The van der Waals surface area contributed by atoms with Gasteiger partial charge in [-0.2, -0.15) is 5.10 Å². The van der Waals surface area contributed by atoms with Gasteiger partial charge in [-0.25, -0.2) is 5.43 Å².